The molecule has 1 saturated heterocycles. The van der Waals surface area contributed by atoms with E-state index in [0.29, 0.717) is 18.0 Å². The SMILES string of the molecule is CCCCN(CCCCN(C)C)C(=O)CN1C[C@H](c2ccc3c(c2)OCO3)C(C(=O)O)[C@@H]1CC(C)(C)CCC. The summed E-state index contributed by atoms with van der Waals surface area (Å²) in [5.41, 5.74) is 0.915. The van der Waals surface area contributed by atoms with Crippen LogP contribution < -0.4 is 9.47 Å². The first-order valence-corrected chi connectivity index (χ1v) is 14.8. The second kappa shape index (κ2) is 14.4. The van der Waals surface area contributed by atoms with E-state index in [1.807, 2.05) is 23.1 Å². The largest absolute Gasteiger partial charge is 0.481 e. The van der Waals surface area contributed by atoms with Crippen LogP contribution in [0.25, 0.3) is 0 Å². The molecule has 0 aliphatic carbocycles. The van der Waals surface area contributed by atoms with Gasteiger partial charge in [0.15, 0.2) is 11.5 Å². The number of rotatable bonds is 16. The highest BCUT2D eigenvalue weighted by atomic mass is 16.7. The molecule has 0 radical (unpaired) electrons. The summed E-state index contributed by atoms with van der Waals surface area (Å²) < 4.78 is 11.1. The fourth-order valence-corrected chi connectivity index (χ4v) is 6.29. The number of benzene rings is 1. The van der Waals surface area contributed by atoms with E-state index >= 15 is 0 Å². The minimum Gasteiger partial charge on any atom is -0.481 e. The van der Waals surface area contributed by atoms with E-state index in [4.69, 9.17) is 9.47 Å². The highest BCUT2D eigenvalue weighted by molar-refractivity contribution is 5.79. The van der Waals surface area contributed by atoms with E-state index < -0.39 is 11.9 Å². The molecule has 1 fully saturated rings. The average molecular weight is 546 g/mol. The van der Waals surface area contributed by atoms with Gasteiger partial charge in [0.1, 0.15) is 0 Å². The van der Waals surface area contributed by atoms with Gasteiger partial charge in [0.05, 0.1) is 12.5 Å². The molecule has 0 spiro atoms. The van der Waals surface area contributed by atoms with Crippen molar-refractivity contribution in [1.29, 1.82) is 0 Å². The Labute approximate surface area is 235 Å². The number of unbranched alkanes of at least 4 members (excludes halogenated alkanes) is 2. The van der Waals surface area contributed by atoms with Gasteiger partial charge in [-0.15, -0.1) is 0 Å². The van der Waals surface area contributed by atoms with Gasteiger partial charge in [0, 0.05) is 31.6 Å². The lowest BCUT2D eigenvalue weighted by molar-refractivity contribution is -0.144. The minimum atomic E-state index is -0.795. The Morgan fingerprint density at radius 3 is 2.38 bits per heavy atom. The van der Waals surface area contributed by atoms with Gasteiger partial charge in [-0.3, -0.25) is 14.5 Å². The molecule has 1 unspecified atom stereocenters. The zero-order valence-corrected chi connectivity index (χ0v) is 25.1. The molecule has 2 aliphatic heterocycles. The summed E-state index contributed by atoms with van der Waals surface area (Å²) in [6.07, 6.45) is 6.83. The Balaban J connectivity index is 1.85. The standard InChI is InChI=1S/C31H51N3O5/c1-7-9-16-33(17-11-10-15-32(5)6)28(35)21-34-20-24(23-12-13-26-27(18-23)39-22-38-26)29(30(36)37)25(34)19-31(3,4)14-8-2/h12-13,18,24-25,29H,7-11,14-17,19-22H2,1-6H3,(H,36,37)/t24-,25+,29?/m1/s1. The van der Waals surface area contributed by atoms with Crippen LogP contribution in [-0.2, 0) is 9.59 Å². The molecule has 0 saturated carbocycles. The number of nitrogens with zero attached hydrogens (tertiary/aromatic N) is 3. The van der Waals surface area contributed by atoms with Crippen molar-refractivity contribution in [1.82, 2.24) is 14.7 Å². The third-order valence-electron chi connectivity index (χ3n) is 8.30. The van der Waals surface area contributed by atoms with Gasteiger partial charge in [-0.2, -0.15) is 0 Å². The quantitative estimate of drug-likeness (QED) is 0.290. The van der Waals surface area contributed by atoms with Gasteiger partial charge < -0.3 is 24.4 Å². The van der Waals surface area contributed by atoms with E-state index in [1.165, 1.54) is 0 Å². The third-order valence-corrected chi connectivity index (χ3v) is 8.30. The van der Waals surface area contributed by atoms with Gasteiger partial charge in [0.2, 0.25) is 12.7 Å². The Hall–Kier alpha value is -2.32. The lowest BCUT2D eigenvalue weighted by Gasteiger charge is -2.35. The summed E-state index contributed by atoms with van der Waals surface area (Å²) in [7, 11) is 4.14. The van der Waals surface area contributed by atoms with E-state index in [2.05, 4.69) is 51.6 Å². The van der Waals surface area contributed by atoms with E-state index in [0.717, 1.165) is 70.1 Å². The fourth-order valence-electron chi connectivity index (χ4n) is 6.29. The van der Waals surface area contributed by atoms with Gasteiger partial charge in [-0.1, -0.05) is 46.6 Å². The van der Waals surface area contributed by atoms with Crippen LogP contribution in [0.1, 0.15) is 84.1 Å². The van der Waals surface area contributed by atoms with Gasteiger partial charge >= 0.3 is 5.97 Å². The number of likely N-dealkylation sites (tertiary alicyclic amines) is 1. The number of carbonyl (C=O) groups excluding carboxylic acids is 1. The van der Waals surface area contributed by atoms with Crippen molar-refractivity contribution >= 4 is 11.9 Å². The Bertz CT molecular complexity index is 950. The molecule has 1 aromatic carbocycles. The maximum absolute atomic E-state index is 13.7. The molecule has 0 bridgehead atoms. The molecular formula is C31H51N3O5. The molecule has 3 rings (SSSR count). The zero-order valence-electron chi connectivity index (χ0n) is 25.1. The second-order valence-electron chi connectivity index (χ2n) is 12.4. The van der Waals surface area contributed by atoms with E-state index in [1.54, 1.807) is 0 Å². The van der Waals surface area contributed by atoms with Crippen molar-refractivity contribution in [3.8, 4) is 11.5 Å². The number of hydrogen-bond donors (Lipinski definition) is 1. The summed E-state index contributed by atoms with van der Waals surface area (Å²) in [6.45, 7) is 12.3. The highest BCUT2D eigenvalue weighted by Gasteiger charge is 2.48. The van der Waals surface area contributed by atoms with Crippen LogP contribution in [0.3, 0.4) is 0 Å². The number of aliphatic carboxylic acids is 1. The van der Waals surface area contributed by atoms with E-state index in [-0.39, 0.29) is 36.6 Å². The third kappa shape index (κ3) is 8.58. The predicted molar refractivity (Wildman–Crippen MR) is 154 cm³/mol. The monoisotopic (exact) mass is 545 g/mol. The summed E-state index contributed by atoms with van der Waals surface area (Å²) in [5, 5.41) is 10.5. The molecule has 1 aromatic rings. The molecule has 220 valence electrons. The Morgan fingerprint density at radius 2 is 1.72 bits per heavy atom. The highest BCUT2D eigenvalue weighted by Crippen LogP contribution is 2.45. The average Bonchev–Trinajstić information content (AvgIpc) is 3.47. The van der Waals surface area contributed by atoms with Crippen LogP contribution in [0.4, 0.5) is 0 Å². The lowest BCUT2D eigenvalue weighted by Crippen LogP contribution is -2.46. The summed E-state index contributed by atoms with van der Waals surface area (Å²) in [4.78, 5) is 32.9. The second-order valence-corrected chi connectivity index (χ2v) is 12.4. The lowest BCUT2D eigenvalue weighted by atomic mass is 9.76. The first-order valence-electron chi connectivity index (χ1n) is 14.8. The van der Waals surface area contributed by atoms with Crippen molar-refractivity contribution in [3.63, 3.8) is 0 Å². The first-order chi connectivity index (χ1) is 18.6. The number of carboxylic acid groups (broad SMARTS) is 1. The van der Waals surface area contributed by atoms with Gasteiger partial charge in [0.25, 0.3) is 0 Å². The number of amides is 1. The topological polar surface area (TPSA) is 82.5 Å². The molecule has 1 N–H and O–H groups in total. The van der Waals surface area contributed by atoms with Crippen molar-refractivity contribution in [2.24, 2.45) is 11.3 Å². The maximum atomic E-state index is 13.7. The molecule has 2 heterocycles. The summed E-state index contributed by atoms with van der Waals surface area (Å²) >= 11 is 0. The Morgan fingerprint density at radius 1 is 1.03 bits per heavy atom. The molecule has 0 aromatic heterocycles. The van der Waals surface area contributed by atoms with Crippen LogP contribution >= 0.6 is 0 Å². The van der Waals surface area contributed by atoms with Crippen molar-refractivity contribution in [3.05, 3.63) is 23.8 Å². The molecule has 8 heteroatoms. The number of carbonyl (C=O) groups is 2. The van der Waals surface area contributed by atoms with Crippen LogP contribution in [0, 0.1) is 11.3 Å². The zero-order chi connectivity index (χ0) is 28.6. The molecular weight excluding hydrogens is 494 g/mol. The van der Waals surface area contributed by atoms with Crippen LogP contribution in [-0.4, -0.2) is 91.3 Å². The van der Waals surface area contributed by atoms with Crippen LogP contribution in [0.15, 0.2) is 18.2 Å². The smallest absolute Gasteiger partial charge is 0.308 e. The van der Waals surface area contributed by atoms with Gasteiger partial charge in [-0.25, -0.2) is 0 Å². The number of ether oxygens (including phenoxy) is 2. The minimum absolute atomic E-state index is 0.0216. The Kier molecular flexibility index (Phi) is 11.5. The van der Waals surface area contributed by atoms with E-state index in [9.17, 15) is 14.7 Å². The number of hydrogen-bond acceptors (Lipinski definition) is 6. The predicted octanol–water partition coefficient (Wildman–Crippen LogP) is 5.07. The van der Waals surface area contributed by atoms with Crippen molar-refractivity contribution in [2.75, 3.05) is 53.6 Å². The molecule has 39 heavy (non-hydrogen) atoms. The normalized spacial score (nSPS) is 21.1. The molecule has 3 atom stereocenters. The summed E-state index contributed by atoms with van der Waals surface area (Å²) in [6, 6.07) is 5.55. The van der Waals surface area contributed by atoms with Crippen molar-refractivity contribution < 1.29 is 24.2 Å². The van der Waals surface area contributed by atoms with Crippen molar-refractivity contribution in [2.45, 2.75) is 84.6 Å². The van der Waals surface area contributed by atoms with Crippen LogP contribution in [0.5, 0.6) is 11.5 Å². The maximum Gasteiger partial charge on any atom is 0.308 e. The summed E-state index contributed by atoms with van der Waals surface area (Å²) in [5.74, 6) is -0.150. The molecule has 1 amide bonds. The molecule has 2 aliphatic rings. The number of fused-ring (bicyclic) bond motifs is 1. The number of carboxylic acids is 1. The fraction of sp³-hybridized carbons (Fsp3) is 0.742. The van der Waals surface area contributed by atoms with Crippen LogP contribution in [0.2, 0.25) is 0 Å². The first kappa shape index (κ1) is 31.2. The molecule has 8 nitrogen and oxygen atoms in total. The van der Waals surface area contributed by atoms with Gasteiger partial charge in [-0.05, 0) is 75.9 Å².